The van der Waals surface area contributed by atoms with E-state index in [1.54, 1.807) is 12.1 Å². The van der Waals surface area contributed by atoms with Crippen LogP contribution < -0.4 is 0 Å². The normalized spacial score (nSPS) is 16.8. The molecule has 0 radical (unpaired) electrons. The third kappa shape index (κ3) is 1.55. The predicted octanol–water partition coefficient (Wildman–Crippen LogP) is 0.360. The molecule has 0 atom stereocenters. The Morgan fingerprint density at radius 1 is 1.24 bits per heavy atom. The number of fused-ring (bicyclic) bond motifs is 1. The first-order valence-corrected chi connectivity index (χ1v) is 5.02. The number of aliphatic hydroxyl groups excluding tert-OH is 1. The summed E-state index contributed by atoms with van der Waals surface area (Å²) in [6, 6.07) is 6.27. The molecule has 17 heavy (non-hydrogen) atoms. The van der Waals surface area contributed by atoms with Crippen molar-refractivity contribution >= 4 is 17.5 Å². The molecule has 1 aliphatic rings. The van der Waals surface area contributed by atoms with Gasteiger partial charge in [0.15, 0.2) is 0 Å². The minimum Gasteiger partial charge on any atom is -0.441 e. The topological polar surface area (TPSA) is 80.7 Å². The number of Topliss-reactive ketones (excluding diaryl/α,β-unsaturated/α-hetero) is 2. The Balaban J connectivity index is 2.45. The Hall–Kier alpha value is -2.01. The van der Waals surface area contributed by atoms with Gasteiger partial charge in [0.2, 0.25) is 17.2 Å². The Bertz CT molecular complexity index is 482. The van der Waals surface area contributed by atoms with Crippen molar-refractivity contribution < 1.29 is 24.2 Å². The van der Waals surface area contributed by atoms with Crippen LogP contribution in [0.15, 0.2) is 24.3 Å². The molecule has 0 spiro atoms. The zero-order valence-electron chi connectivity index (χ0n) is 9.10. The van der Waals surface area contributed by atoms with E-state index in [-0.39, 0.29) is 11.1 Å². The largest absolute Gasteiger partial charge is 0.441 e. The zero-order chi connectivity index (χ0) is 12.6. The fourth-order valence-corrected chi connectivity index (χ4v) is 1.85. The van der Waals surface area contributed by atoms with E-state index in [9.17, 15) is 14.4 Å². The molecule has 0 unspecified atom stereocenters. The van der Waals surface area contributed by atoms with E-state index in [4.69, 9.17) is 9.84 Å². The number of esters is 1. The van der Waals surface area contributed by atoms with Gasteiger partial charge in [-0.1, -0.05) is 24.3 Å². The summed E-state index contributed by atoms with van der Waals surface area (Å²) in [5, 5.41) is 8.60. The second-order valence-electron chi connectivity index (χ2n) is 3.87. The molecule has 0 aromatic heterocycles. The summed E-state index contributed by atoms with van der Waals surface area (Å²) < 4.78 is 4.77. The number of carbonyl (C=O) groups excluding carboxylic acids is 3. The van der Waals surface area contributed by atoms with E-state index in [2.05, 4.69) is 0 Å². The molecule has 0 aliphatic heterocycles. The highest BCUT2D eigenvalue weighted by molar-refractivity contribution is 6.32. The second kappa shape index (κ2) is 3.78. The van der Waals surface area contributed by atoms with Crippen molar-refractivity contribution in [2.45, 2.75) is 12.5 Å². The number of aliphatic hydroxyl groups is 1. The molecule has 0 saturated carbocycles. The van der Waals surface area contributed by atoms with E-state index in [0.29, 0.717) is 0 Å². The molecule has 0 saturated heterocycles. The first kappa shape index (κ1) is 11.5. The minimum atomic E-state index is -1.84. The Morgan fingerprint density at radius 2 is 1.71 bits per heavy atom. The maximum Gasteiger partial charge on any atom is 0.333 e. The van der Waals surface area contributed by atoms with Crippen LogP contribution in [0.3, 0.4) is 0 Å². The van der Waals surface area contributed by atoms with Gasteiger partial charge in [-0.3, -0.25) is 9.59 Å². The third-order valence-corrected chi connectivity index (χ3v) is 2.73. The van der Waals surface area contributed by atoms with Gasteiger partial charge >= 0.3 is 5.97 Å². The lowest BCUT2D eigenvalue weighted by atomic mass is 10.0. The second-order valence-corrected chi connectivity index (χ2v) is 3.87. The Kier molecular flexibility index (Phi) is 2.55. The monoisotopic (exact) mass is 234 g/mol. The van der Waals surface area contributed by atoms with Crippen LogP contribution in [0.5, 0.6) is 0 Å². The summed E-state index contributed by atoms with van der Waals surface area (Å²) in [4.78, 5) is 35.0. The number of benzene rings is 1. The van der Waals surface area contributed by atoms with Gasteiger partial charge in [-0.25, -0.2) is 4.79 Å². The molecule has 1 aromatic carbocycles. The fourth-order valence-electron chi connectivity index (χ4n) is 1.85. The molecular weight excluding hydrogens is 224 g/mol. The zero-order valence-corrected chi connectivity index (χ0v) is 9.10. The van der Waals surface area contributed by atoms with Crippen LogP contribution in [0.25, 0.3) is 0 Å². The summed E-state index contributed by atoms with van der Waals surface area (Å²) in [5.74, 6) is -2.11. The first-order chi connectivity index (χ1) is 8.00. The van der Waals surface area contributed by atoms with Gasteiger partial charge in [-0.15, -0.1) is 0 Å². The quantitative estimate of drug-likeness (QED) is 0.590. The van der Waals surface area contributed by atoms with Gasteiger partial charge in [0.1, 0.15) is 6.61 Å². The summed E-state index contributed by atoms with van der Waals surface area (Å²) in [6.45, 7) is 0.373. The average Bonchev–Trinajstić information content (AvgIpc) is 2.53. The number of hydrogen-bond donors (Lipinski definition) is 1. The van der Waals surface area contributed by atoms with Crippen LogP contribution in [0, 0.1) is 0 Å². The van der Waals surface area contributed by atoms with Gasteiger partial charge in [0.05, 0.1) is 0 Å². The van der Waals surface area contributed by atoms with Crippen molar-refractivity contribution in [2.75, 3.05) is 6.61 Å². The van der Waals surface area contributed by atoms with Crippen LogP contribution in [-0.4, -0.2) is 34.9 Å². The van der Waals surface area contributed by atoms with Crippen molar-refractivity contribution in [3.05, 3.63) is 35.4 Å². The number of rotatable bonds is 2. The summed E-state index contributed by atoms with van der Waals surface area (Å²) in [5.41, 5.74) is -1.36. The first-order valence-electron chi connectivity index (χ1n) is 5.02. The number of ether oxygens (including phenoxy) is 1. The maximum atomic E-state index is 12.0. The molecule has 0 bridgehead atoms. The van der Waals surface area contributed by atoms with Crippen LogP contribution in [0.2, 0.25) is 0 Å². The van der Waals surface area contributed by atoms with E-state index in [1.807, 2.05) is 0 Å². The number of carbonyl (C=O) groups is 3. The Labute approximate surface area is 97.0 Å². The molecule has 0 fully saturated rings. The predicted molar refractivity (Wildman–Crippen MR) is 56.7 cm³/mol. The standard InChI is InChI=1S/C12H10O5/c1-12(17-9(14)6-13)10(15)7-4-2-3-5-8(7)11(12)16/h2-5,13H,6H2,1H3. The molecule has 0 amide bonds. The van der Waals surface area contributed by atoms with Crippen LogP contribution in [0.4, 0.5) is 0 Å². The highest BCUT2D eigenvalue weighted by Crippen LogP contribution is 2.32. The smallest absolute Gasteiger partial charge is 0.333 e. The lowest BCUT2D eigenvalue weighted by molar-refractivity contribution is -0.153. The third-order valence-electron chi connectivity index (χ3n) is 2.73. The highest BCUT2D eigenvalue weighted by Gasteiger charge is 2.52. The molecule has 2 rings (SSSR count). The van der Waals surface area contributed by atoms with Crippen molar-refractivity contribution in [1.82, 2.24) is 0 Å². The lowest BCUT2D eigenvalue weighted by Gasteiger charge is -2.20. The van der Waals surface area contributed by atoms with E-state index < -0.39 is 29.7 Å². The summed E-state index contributed by atoms with van der Waals surface area (Å²) in [6.07, 6.45) is 0. The van der Waals surface area contributed by atoms with Gasteiger partial charge in [-0.2, -0.15) is 0 Å². The van der Waals surface area contributed by atoms with Gasteiger partial charge < -0.3 is 9.84 Å². The van der Waals surface area contributed by atoms with Crippen LogP contribution >= 0.6 is 0 Å². The molecule has 5 heteroatoms. The minimum absolute atomic E-state index is 0.241. The van der Waals surface area contributed by atoms with E-state index in [0.717, 1.165) is 0 Å². The molecule has 1 aromatic rings. The fraction of sp³-hybridized carbons (Fsp3) is 0.250. The number of hydrogen-bond acceptors (Lipinski definition) is 5. The summed E-state index contributed by atoms with van der Waals surface area (Å²) >= 11 is 0. The number of ketones is 2. The van der Waals surface area contributed by atoms with Crippen molar-refractivity contribution in [3.8, 4) is 0 Å². The average molecular weight is 234 g/mol. The van der Waals surface area contributed by atoms with Gasteiger partial charge in [0.25, 0.3) is 0 Å². The molecular formula is C12H10O5. The maximum absolute atomic E-state index is 12.0. The highest BCUT2D eigenvalue weighted by atomic mass is 16.6. The van der Waals surface area contributed by atoms with Gasteiger partial charge in [-0.05, 0) is 6.92 Å². The van der Waals surface area contributed by atoms with Crippen LogP contribution in [0.1, 0.15) is 27.6 Å². The van der Waals surface area contributed by atoms with Crippen LogP contribution in [-0.2, 0) is 9.53 Å². The van der Waals surface area contributed by atoms with Crippen molar-refractivity contribution in [3.63, 3.8) is 0 Å². The Morgan fingerprint density at radius 3 is 2.12 bits per heavy atom. The van der Waals surface area contributed by atoms with E-state index >= 15 is 0 Å². The van der Waals surface area contributed by atoms with Gasteiger partial charge in [0, 0.05) is 11.1 Å². The lowest BCUT2D eigenvalue weighted by Crippen LogP contribution is -2.43. The van der Waals surface area contributed by atoms with Crippen molar-refractivity contribution in [1.29, 1.82) is 0 Å². The molecule has 1 aliphatic carbocycles. The van der Waals surface area contributed by atoms with Crippen molar-refractivity contribution in [2.24, 2.45) is 0 Å². The van der Waals surface area contributed by atoms with E-state index in [1.165, 1.54) is 19.1 Å². The molecule has 5 nitrogen and oxygen atoms in total. The molecule has 0 heterocycles. The SMILES string of the molecule is CC1(OC(=O)CO)C(=O)c2ccccc2C1=O. The molecule has 1 N–H and O–H groups in total. The summed E-state index contributed by atoms with van der Waals surface area (Å²) in [7, 11) is 0. The molecule has 88 valence electrons.